The minimum atomic E-state index is -0.582. The number of phenols is 1. The maximum absolute atomic E-state index is 12.1. The summed E-state index contributed by atoms with van der Waals surface area (Å²) in [4.78, 5) is 12.1. The van der Waals surface area contributed by atoms with E-state index >= 15 is 0 Å². The van der Waals surface area contributed by atoms with Gasteiger partial charge in [0.05, 0.1) is 21.3 Å². The first-order chi connectivity index (χ1) is 15.3. The Morgan fingerprint density at radius 3 is 2.38 bits per heavy atom. The van der Waals surface area contributed by atoms with Gasteiger partial charge in [-0.1, -0.05) is 13.8 Å². The van der Waals surface area contributed by atoms with E-state index in [1.165, 1.54) is 28.3 Å². The number of carbonyl (C=O) groups is 1. The van der Waals surface area contributed by atoms with E-state index in [0.717, 1.165) is 5.56 Å². The lowest BCUT2D eigenvalue weighted by Crippen LogP contribution is -2.26. The minimum absolute atomic E-state index is 0.0360. The highest BCUT2D eigenvalue weighted by atomic mass is 16.7. The first-order valence-corrected chi connectivity index (χ1v) is 10.5. The van der Waals surface area contributed by atoms with Crippen molar-refractivity contribution in [3.05, 3.63) is 23.3 Å². The maximum Gasteiger partial charge on any atom is 0.303 e. The van der Waals surface area contributed by atoms with Crippen molar-refractivity contribution < 1.29 is 38.3 Å². The molecule has 8 nitrogen and oxygen atoms in total. The van der Waals surface area contributed by atoms with Gasteiger partial charge in [0, 0.05) is 29.5 Å². The van der Waals surface area contributed by atoms with Crippen molar-refractivity contribution >= 4 is 5.97 Å². The monoisotopic (exact) mass is 444 g/mol. The van der Waals surface area contributed by atoms with Crippen molar-refractivity contribution in [1.82, 2.24) is 0 Å². The van der Waals surface area contributed by atoms with Crippen LogP contribution in [0.3, 0.4) is 0 Å². The number of hydrogen-bond acceptors (Lipinski definition) is 8. The number of ether oxygens (including phenoxy) is 6. The molecule has 8 heteroatoms. The molecular formula is C24H28O8. The van der Waals surface area contributed by atoms with Crippen molar-refractivity contribution in [2.75, 3.05) is 28.1 Å². The summed E-state index contributed by atoms with van der Waals surface area (Å²) in [6.45, 7) is 5.57. The Morgan fingerprint density at radius 1 is 1.03 bits per heavy atom. The fraction of sp³-hybridized carbons (Fsp3) is 0.458. The van der Waals surface area contributed by atoms with Crippen LogP contribution in [0.15, 0.2) is 12.1 Å². The Balaban J connectivity index is 2.14. The van der Waals surface area contributed by atoms with Crippen LogP contribution in [0, 0.1) is 11.8 Å². The molecule has 172 valence electrons. The SMILES string of the molecule is COc1cc2c(c(O)c1OC)-c1c(cc3c(c1OC)OCO3)[C@@H](OC(C)=O)[C@H](C)[C@H](C)C2. The summed E-state index contributed by atoms with van der Waals surface area (Å²) >= 11 is 0. The summed E-state index contributed by atoms with van der Waals surface area (Å²) in [6, 6.07) is 3.68. The van der Waals surface area contributed by atoms with Crippen LogP contribution in [-0.2, 0) is 16.0 Å². The van der Waals surface area contributed by atoms with E-state index < -0.39 is 12.1 Å². The predicted octanol–water partition coefficient (Wildman–Crippen LogP) is 4.25. The molecule has 3 atom stereocenters. The van der Waals surface area contributed by atoms with E-state index in [1.54, 1.807) is 0 Å². The third-order valence-electron chi connectivity index (χ3n) is 6.35. The van der Waals surface area contributed by atoms with Gasteiger partial charge in [-0.15, -0.1) is 0 Å². The molecule has 4 rings (SSSR count). The van der Waals surface area contributed by atoms with Crippen LogP contribution in [0.25, 0.3) is 11.1 Å². The molecule has 2 aromatic rings. The van der Waals surface area contributed by atoms with Gasteiger partial charge in [0.1, 0.15) is 6.10 Å². The minimum Gasteiger partial charge on any atom is -0.504 e. The Kier molecular flexibility index (Phi) is 5.71. The molecule has 32 heavy (non-hydrogen) atoms. The second-order valence-corrected chi connectivity index (χ2v) is 8.17. The Bertz CT molecular complexity index is 1060. The van der Waals surface area contributed by atoms with Crippen LogP contribution in [0.5, 0.6) is 34.5 Å². The van der Waals surface area contributed by atoms with Crippen molar-refractivity contribution in [1.29, 1.82) is 0 Å². The number of aromatic hydroxyl groups is 1. The molecule has 0 spiro atoms. The molecule has 1 N–H and O–H groups in total. The summed E-state index contributed by atoms with van der Waals surface area (Å²) < 4.78 is 33.9. The zero-order valence-corrected chi connectivity index (χ0v) is 19.1. The molecule has 2 aromatic carbocycles. The molecular weight excluding hydrogens is 416 g/mol. The molecule has 1 aliphatic heterocycles. The van der Waals surface area contributed by atoms with Crippen LogP contribution in [0.4, 0.5) is 0 Å². The van der Waals surface area contributed by atoms with Crippen LogP contribution >= 0.6 is 0 Å². The third kappa shape index (κ3) is 3.34. The summed E-state index contributed by atoms with van der Waals surface area (Å²) in [5.41, 5.74) is 2.64. The fourth-order valence-electron chi connectivity index (χ4n) is 4.64. The van der Waals surface area contributed by atoms with Crippen LogP contribution < -0.4 is 23.7 Å². The lowest BCUT2D eigenvalue weighted by Gasteiger charge is -2.34. The smallest absolute Gasteiger partial charge is 0.303 e. The van der Waals surface area contributed by atoms with Crippen LogP contribution in [0.1, 0.15) is 38.0 Å². The van der Waals surface area contributed by atoms with Gasteiger partial charge in [0.15, 0.2) is 23.0 Å². The molecule has 1 aliphatic carbocycles. The molecule has 1 heterocycles. The molecule has 0 unspecified atom stereocenters. The number of hydrogen-bond donors (Lipinski definition) is 1. The number of phenolic OH excluding ortho intramolecular Hbond substituents is 1. The lowest BCUT2D eigenvalue weighted by atomic mass is 9.76. The molecule has 0 fully saturated rings. The first kappa shape index (κ1) is 21.9. The molecule has 0 radical (unpaired) electrons. The van der Waals surface area contributed by atoms with Gasteiger partial charge in [-0.25, -0.2) is 0 Å². The molecule has 0 aromatic heterocycles. The second-order valence-electron chi connectivity index (χ2n) is 8.17. The van der Waals surface area contributed by atoms with Crippen LogP contribution in [-0.4, -0.2) is 39.2 Å². The summed E-state index contributed by atoms with van der Waals surface area (Å²) in [5.74, 6) is 1.58. The Morgan fingerprint density at radius 2 is 1.75 bits per heavy atom. The normalized spacial score (nSPS) is 21.0. The number of fused-ring (bicyclic) bond motifs is 4. The van der Waals surface area contributed by atoms with E-state index in [-0.39, 0.29) is 30.1 Å². The van der Waals surface area contributed by atoms with Crippen molar-refractivity contribution in [3.63, 3.8) is 0 Å². The average molecular weight is 444 g/mol. The van der Waals surface area contributed by atoms with Crippen molar-refractivity contribution in [2.45, 2.75) is 33.3 Å². The standard InChI is InChI=1S/C24H28O8/c1-11-7-14-8-16(27-4)22(28-5)20(26)18(14)19-15(21(12(11)2)32-13(3)25)9-17-23(24(19)29-6)31-10-30-17/h8-9,11-12,21,26H,7,10H2,1-6H3/t11-,12-,21+/m1/s1. The van der Waals surface area contributed by atoms with E-state index in [4.69, 9.17) is 28.4 Å². The van der Waals surface area contributed by atoms with Gasteiger partial charge >= 0.3 is 5.97 Å². The Labute approximate surface area is 186 Å². The van der Waals surface area contributed by atoms with Gasteiger partial charge in [-0.2, -0.15) is 0 Å². The third-order valence-corrected chi connectivity index (χ3v) is 6.35. The van der Waals surface area contributed by atoms with E-state index in [1.807, 2.05) is 19.1 Å². The highest BCUT2D eigenvalue weighted by Crippen LogP contribution is 2.58. The van der Waals surface area contributed by atoms with Gasteiger partial charge in [0.25, 0.3) is 0 Å². The predicted molar refractivity (Wildman–Crippen MR) is 116 cm³/mol. The average Bonchev–Trinajstić information content (AvgIpc) is 3.23. The van der Waals surface area contributed by atoms with E-state index in [2.05, 4.69) is 6.92 Å². The summed E-state index contributed by atoms with van der Waals surface area (Å²) in [7, 11) is 4.53. The van der Waals surface area contributed by atoms with Crippen LogP contribution in [0.2, 0.25) is 0 Å². The maximum atomic E-state index is 12.1. The first-order valence-electron chi connectivity index (χ1n) is 10.5. The molecule has 0 saturated carbocycles. The van der Waals surface area contributed by atoms with Gasteiger partial charge < -0.3 is 33.5 Å². The van der Waals surface area contributed by atoms with Crippen molar-refractivity contribution in [2.24, 2.45) is 11.8 Å². The van der Waals surface area contributed by atoms with Gasteiger partial charge in [0.2, 0.25) is 18.3 Å². The van der Waals surface area contributed by atoms with E-state index in [0.29, 0.717) is 46.1 Å². The summed E-state index contributed by atoms with van der Waals surface area (Å²) in [6.07, 6.45) is 0.0284. The van der Waals surface area contributed by atoms with E-state index in [9.17, 15) is 9.90 Å². The number of rotatable bonds is 4. The lowest BCUT2D eigenvalue weighted by molar-refractivity contribution is -0.150. The fourth-order valence-corrected chi connectivity index (χ4v) is 4.64. The quantitative estimate of drug-likeness (QED) is 0.700. The molecule has 0 saturated heterocycles. The zero-order valence-electron chi connectivity index (χ0n) is 19.1. The Hall–Kier alpha value is -3.29. The zero-order chi connectivity index (χ0) is 23.2. The highest BCUT2D eigenvalue weighted by molar-refractivity contribution is 5.88. The molecule has 2 aliphatic rings. The number of esters is 1. The van der Waals surface area contributed by atoms with Gasteiger partial charge in [-0.05, 0) is 30.0 Å². The molecule has 0 bridgehead atoms. The van der Waals surface area contributed by atoms with Gasteiger partial charge in [-0.3, -0.25) is 4.79 Å². The number of carbonyl (C=O) groups excluding carboxylic acids is 1. The topological polar surface area (TPSA) is 92.7 Å². The largest absolute Gasteiger partial charge is 0.504 e. The van der Waals surface area contributed by atoms with Crippen molar-refractivity contribution in [3.8, 4) is 45.6 Å². The second kappa shape index (κ2) is 8.33. The molecule has 0 amide bonds. The highest BCUT2D eigenvalue weighted by Gasteiger charge is 2.39. The number of benzene rings is 2. The summed E-state index contributed by atoms with van der Waals surface area (Å²) in [5, 5.41) is 11.4. The number of methoxy groups -OCH3 is 3.